The zero-order valence-electron chi connectivity index (χ0n) is 19.2. The van der Waals surface area contributed by atoms with Crippen molar-refractivity contribution < 1.29 is 9.47 Å². The molecule has 0 unspecified atom stereocenters. The maximum Gasteiger partial charge on any atom is 0.287 e. The Morgan fingerprint density at radius 1 is 1.29 bits per heavy atom. The fourth-order valence-electron chi connectivity index (χ4n) is 3.79. The van der Waals surface area contributed by atoms with E-state index in [2.05, 4.69) is 40.3 Å². The maximum absolute atomic E-state index is 12.1. The Balaban J connectivity index is 0.000000398. The average molecular weight is 455 g/mol. The molecule has 0 aromatic carbocycles. The summed E-state index contributed by atoms with van der Waals surface area (Å²) >= 11 is 0. The van der Waals surface area contributed by atoms with E-state index in [0.29, 0.717) is 24.6 Å². The van der Waals surface area contributed by atoms with Gasteiger partial charge in [0.05, 0.1) is 35.7 Å². The minimum atomic E-state index is -1.75. The maximum atomic E-state index is 12.1. The van der Waals surface area contributed by atoms with Crippen LogP contribution in [0.4, 0.5) is 11.6 Å². The molecule has 10 nitrogen and oxygen atoms in total. The summed E-state index contributed by atoms with van der Waals surface area (Å²) in [6, 6.07) is 4.08. The highest BCUT2D eigenvalue weighted by Crippen LogP contribution is 2.29. The van der Waals surface area contributed by atoms with Crippen LogP contribution in [0.3, 0.4) is 0 Å². The highest BCUT2D eigenvalue weighted by atomic mass is 16.5. The predicted molar refractivity (Wildman–Crippen MR) is 130 cm³/mol. The van der Waals surface area contributed by atoms with Gasteiger partial charge in [-0.2, -0.15) is 10.2 Å². The van der Waals surface area contributed by atoms with Crippen LogP contribution >= 0.6 is 0 Å². The fourth-order valence-corrected chi connectivity index (χ4v) is 3.79. The molecule has 0 amide bonds. The van der Waals surface area contributed by atoms with Crippen molar-refractivity contribution in [2.45, 2.75) is 50.0 Å². The first-order valence-corrected chi connectivity index (χ1v) is 11.0. The van der Waals surface area contributed by atoms with Gasteiger partial charge in [0, 0.05) is 37.0 Å². The van der Waals surface area contributed by atoms with Crippen molar-refractivity contribution in [2.75, 3.05) is 25.1 Å². The number of hydrogen-bond donors (Lipinski definition) is 2. The first-order valence-electron chi connectivity index (χ1n) is 11.0. The molecule has 34 heavy (non-hydrogen) atoms. The van der Waals surface area contributed by atoms with Gasteiger partial charge in [-0.3, -0.25) is 9.89 Å². The lowest BCUT2D eigenvalue weighted by atomic mass is 9.49. The lowest BCUT2D eigenvalue weighted by Gasteiger charge is -2.34. The van der Waals surface area contributed by atoms with E-state index in [0.717, 1.165) is 29.5 Å². The van der Waals surface area contributed by atoms with Crippen LogP contribution in [-0.2, 0) is 14.7 Å². The lowest BCUT2D eigenvalue weighted by Crippen LogP contribution is -2.36. The summed E-state index contributed by atoms with van der Waals surface area (Å²) in [7, 11) is 16.7. The molecular weight excluding hydrogens is 431 g/mol. The Labute approximate surface area is 201 Å². The van der Waals surface area contributed by atoms with Gasteiger partial charge in [-0.05, 0) is 44.4 Å². The highest BCUT2D eigenvalue weighted by Gasteiger charge is 2.26. The van der Waals surface area contributed by atoms with Gasteiger partial charge in [0.15, 0.2) is 0 Å². The molecule has 0 saturated carbocycles. The second-order valence-electron chi connectivity index (χ2n) is 9.05. The number of H-pyrrole nitrogens is 1. The molecule has 13 heteroatoms. The third-order valence-electron chi connectivity index (χ3n) is 5.83. The molecule has 170 valence electrons. The van der Waals surface area contributed by atoms with E-state index >= 15 is 0 Å². The second-order valence-corrected chi connectivity index (χ2v) is 9.05. The number of anilines is 2. The molecule has 0 bridgehead atoms. The molecule has 2 N–H and O–H groups in total. The van der Waals surface area contributed by atoms with Crippen LogP contribution in [0.1, 0.15) is 44.8 Å². The standard InChI is InChI=1S/C16H14B3N7O2.C5H10O/c17-16(18,19)25-8-12(14(27)24-25)22-15-21-7-9-5-11(6-20)26(13(9)23-15)10-1-3-28-4-2-10;1-5(2)3-4-6-5/h5,7-8,10H,1-4H2,(H,24,27)(H,21,22,23);3-4H2,1-2H3. The van der Waals surface area contributed by atoms with Crippen molar-refractivity contribution in [1.82, 2.24) is 24.3 Å². The topological polar surface area (TPSA) is 123 Å². The molecule has 5 heterocycles. The van der Waals surface area contributed by atoms with E-state index < -0.39 is 10.8 Å². The van der Waals surface area contributed by atoms with Crippen LogP contribution < -0.4 is 10.9 Å². The zero-order chi connectivity index (χ0) is 24.5. The Bertz CT molecular complexity index is 1260. The number of aromatic amines is 1. The van der Waals surface area contributed by atoms with Crippen LogP contribution in [0.25, 0.3) is 11.0 Å². The average Bonchev–Trinajstić information content (AvgIpc) is 3.34. The van der Waals surface area contributed by atoms with Crippen molar-refractivity contribution in [3.8, 4) is 6.07 Å². The third-order valence-corrected chi connectivity index (χ3v) is 5.83. The molecule has 0 atom stereocenters. The lowest BCUT2D eigenvalue weighted by molar-refractivity contribution is -0.120. The molecule has 2 fully saturated rings. The molecule has 0 aliphatic carbocycles. The van der Waals surface area contributed by atoms with Crippen LogP contribution in [0.15, 0.2) is 23.3 Å². The Morgan fingerprint density at radius 2 is 1.97 bits per heavy atom. The molecule has 3 aromatic heterocycles. The number of ether oxygens (including phenoxy) is 2. The summed E-state index contributed by atoms with van der Waals surface area (Å²) in [4.78, 5) is 20.8. The van der Waals surface area contributed by atoms with Gasteiger partial charge in [-0.25, -0.2) is 4.98 Å². The number of rotatable bonds is 4. The van der Waals surface area contributed by atoms with Crippen LogP contribution in [-0.4, -0.2) is 73.3 Å². The summed E-state index contributed by atoms with van der Waals surface area (Å²) in [5.74, 6) is 0.198. The smallest absolute Gasteiger partial charge is 0.287 e. The quantitative estimate of drug-likeness (QED) is 0.567. The van der Waals surface area contributed by atoms with Crippen LogP contribution in [0.5, 0.6) is 0 Å². The van der Waals surface area contributed by atoms with Gasteiger partial charge >= 0.3 is 0 Å². The number of nitriles is 1. The van der Waals surface area contributed by atoms with Gasteiger partial charge in [-0.1, -0.05) is 0 Å². The third kappa shape index (κ3) is 5.23. The number of nitrogens with zero attached hydrogens (tertiary/aromatic N) is 5. The van der Waals surface area contributed by atoms with Crippen LogP contribution in [0, 0.1) is 11.3 Å². The molecule has 2 aliphatic rings. The number of fused-ring (bicyclic) bond motifs is 1. The van der Waals surface area contributed by atoms with E-state index in [9.17, 15) is 10.1 Å². The Kier molecular flexibility index (Phi) is 6.65. The van der Waals surface area contributed by atoms with E-state index in [1.54, 1.807) is 12.3 Å². The first-order chi connectivity index (χ1) is 16.1. The van der Waals surface area contributed by atoms with E-state index in [4.69, 9.17) is 33.0 Å². The first kappa shape index (κ1) is 24.2. The Hall–Kier alpha value is -2.97. The largest absolute Gasteiger partial charge is 0.381 e. The minimum absolute atomic E-state index is 0.112. The molecule has 5 rings (SSSR count). The summed E-state index contributed by atoms with van der Waals surface area (Å²) in [5, 5.41) is 13.8. The van der Waals surface area contributed by atoms with Crippen LogP contribution in [0.2, 0.25) is 0 Å². The van der Waals surface area contributed by atoms with Crippen molar-refractivity contribution in [3.05, 3.63) is 34.5 Å². The Morgan fingerprint density at radius 3 is 2.50 bits per heavy atom. The summed E-state index contributed by atoms with van der Waals surface area (Å²) in [6.45, 7) is 6.45. The van der Waals surface area contributed by atoms with E-state index in [1.165, 1.54) is 12.6 Å². The second kappa shape index (κ2) is 9.35. The molecule has 2 saturated heterocycles. The van der Waals surface area contributed by atoms with Crippen molar-refractivity contribution in [1.29, 1.82) is 5.26 Å². The van der Waals surface area contributed by atoms with Gasteiger partial charge < -0.3 is 24.0 Å². The van der Waals surface area contributed by atoms with E-state index in [-0.39, 0.29) is 23.3 Å². The fraction of sp³-hybridized carbons (Fsp3) is 0.524. The van der Waals surface area contributed by atoms with Crippen molar-refractivity contribution in [2.24, 2.45) is 0 Å². The zero-order valence-corrected chi connectivity index (χ0v) is 19.2. The molecule has 3 aromatic rings. The highest BCUT2D eigenvalue weighted by molar-refractivity contribution is 6.56. The van der Waals surface area contributed by atoms with Gasteiger partial charge in [0.1, 0.15) is 23.1 Å². The number of nitrogens with one attached hydrogen (secondary N) is 2. The molecule has 2 aliphatic heterocycles. The monoisotopic (exact) mass is 455 g/mol. The summed E-state index contributed by atoms with van der Waals surface area (Å²) in [5.41, 5.74) is 1.00. The van der Waals surface area contributed by atoms with Gasteiger partial charge in [0.2, 0.25) is 5.95 Å². The SMILES string of the molecule is CC1(C)CCO1.[B]C([B])([B])n1cc(Nc2ncc3cc(C#N)n(C4CCOCC4)c3n2)c(=O)[nH]1. The predicted octanol–water partition coefficient (Wildman–Crippen LogP) is 1.15. The summed E-state index contributed by atoms with van der Waals surface area (Å²) in [6.07, 6.45) is 5.76. The minimum Gasteiger partial charge on any atom is -0.381 e. The van der Waals surface area contributed by atoms with Gasteiger partial charge in [-0.15, -0.1) is 0 Å². The summed E-state index contributed by atoms with van der Waals surface area (Å²) < 4.78 is 13.5. The van der Waals surface area contributed by atoms with Crippen molar-refractivity contribution >= 4 is 46.2 Å². The molecule has 0 spiro atoms. The molecular formula is C21H24B3N7O3. The normalized spacial score (nSPS) is 17.9. The number of hydrogen-bond acceptors (Lipinski definition) is 7. The van der Waals surface area contributed by atoms with Crippen molar-refractivity contribution in [3.63, 3.8) is 0 Å². The van der Waals surface area contributed by atoms with Gasteiger partial charge in [0.25, 0.3) is 5.56 Å². The van der Waals surface area contributed by atoms with E-state index in [1.807, 2.05) is 4.57 Å². The number of aromatic nitrogens is 5. The molecule has 6 radical (unpaired) electrons.